The van der Waals surface area contributed by atoms with Crippen molar-refractivity contribution in [1.82, 2.24) is 9.80 Å². The molecule has 1 amide bonds. The highest BCUT2D eigenvalue weighted by Crippen LogP contribution is 2.39. The van der Waals surface area contributed by atoms with Crippen molar-refractivity contribution in [2.24, 2.45) is 0 Å². The van der Waals surface area contributed by atoms with E-state index in [1.807, 2.05) is 32.8 Å². The number of aryl methyl sites for hydroxylation is 1. The lowest BCUT2D eigenvalue weighted by atomic mass is 9.94. The molecule has 3 rings (SSSR count). The molecule has 0 saturated carbocycles. The number of likely N-dealkylation sites (N-methyl/N-ethyl adjacent to an activating group) is 1. The van der Waals surface area contributed by atoms with E-state index in [1.165, 1.54) is 29.2 Å². The van der Waals surface area contributed by atoms with E-state index in [-0.39, 0.29) is 11.3 Å². The number of Topliss-reactive ketones (excluding diaryl/α,β-unsaturated/α-hetero) is 1. The number of aliphatic hydroxyl groups excluding tert-OH is 1. The number of hydrogen-bond donors (Lipinski definition) is 1. The van der Waals surface area contributed by atoms with Gasteiger partial charge in [0.05, 0.1) is 18.2 Å². The van der Waals surface area contributed by atoms with Crippen LogP contribution in [0, 0.1) is 12.7 Å². The number of carbonyl (C=O) groups excluding carboxylic acids is 2. The van der Waals surface area contributed by atoms with Gasteiger partial charge >= 0.3 is 0 Å². The van der Waals surface area contributed by atoms with Crippen LogP contribution in [0.4, 0.5) is 4.39 Å². The van der Waals surface area contributed by atoms with Gasteiger partial charge in [-0.25, -0.2) is 4.39 Å². The van der Waals surface area contributed by atoms with Crippen molar-refractivity contribution in [1.29, 1.82) is 0 Å². The number of ketones is 1. The van der Waals surface area contributed by atoms with Gasteiger partial charge in [-0.05, 0) is 68.9 Å². The van der Waals surface area contributed by atoms with Crippen LogP contribution in [0.1, 0.15) is 36.1 Å². The van der Waals surface area contributed by atoms with Gasteiger partial charge in [0.1, 0.15) is 17.3 Å². The number of rotatable bonds is 8. The molecule has 1 aliphatic heterocycles. The summed E-state index contributed by atoms with van der Waals surface area (Å²) in [5.41, 5.74) is 1.79. The summed E-state index contributed by atoms with van der Waals surface area (Å²) in [6, 6.07) is 9.99. The lowest BCUT2D eigenvalue weighted by molar-refractivity contribution is -0.140. The van der Waals surface area contributed by atoms with Gasteiger partial charge in [0.15, 0.2) is 0 Å². The first-order valence-electron chi connectivity index (χ1n) is 10.7. The predicted octanol–water partition coefficient (Wildman–Crippen LogP) is 3.91. The van der Waals surface area contributed by atoms with E-state index in [0.717, 1.165) is 12.0 Å². The summed E-state index contributed by atoms with van der Waals surface area (Å²) in [5.74, 6) is -1.40. The van der Waals surface area contributed by atoms with E-state index in [0.29, 0.717) is 36.6 Å². The monoisotopic (exact) mass is 440 g/mol. The molecule has 7 heteroatoms. The molecule has 0 aromatic heterocycles. The molecule has 0 spiro atoms. The molecule has 1 unspecified atom stereocenters. The number of benzene rings is 2. The zero-order chi connectivity index (χ0) is 23.4. The Kier molecular flexibility index (Phi) is 7.30. The third-order valence-corrected chi connectivity index (χ3v) is 5.42. The average molecular weight is 441 g/mol. The van der Waals surface area contributed by atoms with Gasteiger partial charge in [-0.2, -0.15) is 0 Å². The molecule has 1 atom stereocenters. The van der Waals surface area contributed by atoms with E-state index < -0.39 is 23.5 Å². The maximum atomic E-state index is 13.5. The summed E-state index contributed by atoms with van der Waals surface area (Å²) in [6.45, 7) is 5.27. The van der Waals surface area contributed by atoms with Gasteiger partial charge in [0.25, 0.3) is 11.7 Å². The lowest BCUT2D eigenvalue weighted by Gasteiger charge is -2.26. The molecule has 1 N–H and O–H groups in total. The number of nitrogens with zero attached hydrogens (tertiary/aromatic N) is 2. The smallest absolute Gasteiger partial charge is 0.295 e. The molecule has 2 aromatic rings. The third-order valence-electron chi connectivity index (χ3n) is 5.42. The minimum absolute atomic E-state index is 0.00184. The van der Waals surface area contributed by atoms with Crippen LogP contribution in [0.3, 0.4) is 0 Å². The van der Waals surface area contributed by atoms with Crippen LogP contribution in [-0.4, -0.2) is 60.4 Å². The van der Waals surface area contributed by atoms with Crippen LogP contribution in [0.5, 0.6) is 5.75 Å². The van der Waals surface area contributed by atoms with Crippen LogP contribution in [0.15, 0.2) is 48.0 Å². The first kappa shape index (κ1) is 23.5. The molecule has 1 fully saturated rings. The number of amides is 1. The molecule has 32 heavy (non-hydrogen) atoms. The summed E-state index contributed by atoms with van der Waals surface area (Å²) < 4.78 is 19.2. The minimum atomic E-state index is -0.799. The standard InChI is InChI=1S/C25H29FN2O4/c1-5-14-32-20-11-8-18(15-16(20)2)23(29)21-22(17-6-9-19(26)10-7-17)28(13-12-27(3)4)25(31)24(21)30/h6-11,15,22,29H,5,12-14H2,1-4H3/b23-21-. The van der Waals surface area contributed by atoms with Gasteiger partial charge < -0.3 is 19.6 Å². The normalized spacial score (nSPS) is 17.9. The van der Waals surface area contributed by atoms with Crippen LogP contribution < -0.4 is 4.74 Å². The Labute approximate surface area is 187 Å². The predicted molar refractivity (Wildman–Crippen MR) is 121 cm³/mol. The largest absolute Gasteiger partial charge is 0.507 e. The topological polar surface area (TPSA) is 70.1 Å². The number of ether oxygens (including phenoxy) is 1. The summed E-state index contributed by atoms with van der Waals surface area (Å²) in [7, 11) is 3.74. The Morgan fingerprint density at radius 1 is 1.16 bits per heavy atom. The fraction of sp³-hybridized carbons (Fsp3) is 0.360. The van der Waals surface area contributed by atoms with E-state index in [9.17, 15) is 19.1 Å². The second kappa shape index (κ2) is 9.96. The van der Waals surface area contributed by atoms with Crippen molar-refractivity contribution in [2.45, 2.75) is 26.3 Å². The Hall–Kier alpha value is -3.19. The van der Waals surface area contributed by atoms with Crippen molar-refractivity contribution in [3.63, 3.8) is 0 Å². The Morgan fingerprint density at radius 2 is 1.84 bits per heavy atom. The van der Waals surface area contributed by atoms with E-state index in [1.54, 1.807) is 18.2 Å². The maximum Gasteiger partial charge on any atom is 0.295 e. The molecule has 0 bridgehead atoms. The van der Waals surface area contributed by atoms with Gasteiger partial charge in [-0.3, -0.25) is 9.59 Å². The van der Waals surface area contributed by atoms with Gasteiger partial charge in [-0.15, -0.1) is 0 Å². The number of aliphatic hydroxyl groups is 1. The molecule has 1 saturated heterocycles. The number of hydrogen-bond acceptors (Lipinski definition) is 5. The molecular weight excluding hydrogens is 411 g/mol. The quantitative estimate of drug-likeness (QED) is 0.383. The fourth-order valence-electron chi connectivity index (χ4n) is 3.74. The first-order chi connectivity index (χ1) is 15.2. The van der Waals surface area contributed by atoms with Crippen molar-refractivity contribution in [3.05, 3.63) is 70.5 Å². The van der Waals surface area contributed by atoms with Gasteiger partial charge in [0.2, 0.25) is 0 Å². The van der Waals surface area contributed by atoms with Crippen molar-refractivity contribution in [3.8, 4) is 5.75 Å². The first-order valence-corrected chi connectivity index (χ1v) is 10.7. The minimum Gasteiger partial charge on any atom is -0.507 e. The second-order valence-corrected chi connectivity index (χ2v) is 8.18. The molecule has 0 radical (unpaired) electrons. The lowest BCUT2D eigenvalue weighted by Crippen LogP contribution is -2.35. The maximum absolute atomic E-state index is 13.5. The van der Waals surface area contributed by atoms with Crippen molar-refractivity contribution in [2.75, 3.05) is 33.8 Å². The van der Waals surface area contributed by atoms with E-state index in [2.05, 4.69) is 0 Å². The second-order valence-electron chi connectivity index (χ2n) is 8.18. The van der Waals surface area contributed by atoms with Gasteiger partial charge in [0, 0.05) is 18.7 Å². The average Bonchev–Trinajstić information content (AvgIpc) is 3.01. The van der Waals surface area contributed by atoms with E-state index >= 15 is 0 Å². The van der Waals surface area contributed by atoms with Crippen LogP contribution in [-0.2, 0) is 9.59 Å². The third kappa shape index (κ3) is 4.83. The molecule has 1 aliphatic rings. The number of carbonyl (C=O) groups is 2. The molecule has 2 aromatic carbocycles. The van der Waals surface area contributed by atoms with Crippen LogP contribution >= 0.6 is 0 Å². The molecular formula is C25H29FN2O4. The van der Waals surface area contributed by atoms with Crippen LogP contribution in [0.2, 0.25) is 0 Å². The Balaban J connectivity index is 2.09. The fourth-order valence-corrected chi connectivity index (χ4v) is 3.74. The van der Waals surface area contributed by atoms with Crippen LogP contribution in [0.25, 0.3) is 5.76 Å². The molecule has 1 heterocycles. The summed E-state index contributed by atoms with van der Waals surface area (Å²) in [4.78, 5) is 29.2. The SMILES string of the molecule is CCCOc1ccc(/C(O)=C2/C(=O)C(=O)N(CCN(C)C)C2c2ccc(F)cc2)cc1C. The zero-order valence-corrected chi connectivity index (χ0v) is 18.9. The van der Waals surface area contributed by atoms with E-state index in [4.69, 9.17) is 4.74 Å². The summed E-state index contributed by atoms with van der Waals surface area (Å²) in [6.07, 6.45) is 0.870. The molecule has 170 valence electrons. The highest BCUT2D eigenvalue weighted by atomic mass is 19.1. The summed E-state index contributed by atoms with van der Waals surface area (Å²) in [5, 5.41) is 11.1. The Bertz CT molecular complexity index is 1030. The highest BCUT2D eigenvalue weighted by Gasteiger charge is 2.45. The summed E-state index contributed by atoms with van der Waals surface area (Å²) >= 11 is 0. The molecule has 6 nitrogen and oxygen atoms in total. The van der Waals surface area contributed by atoms with Gasteiger partial charge in [-0.1, -0.05) is 19.1 Å². The van der Waals surface area contributed by atoms with Crippen molar-refractivity contribution < 1.29 is 23.8 Å². The van der Waals surface area contributed by atoms with Crippen molar-refractivity contribution >= 4 is 17.4 Å². The number of likely N-dealkylation sites (tertiary alicyclic amines) is 1. The molecule has 0 aliphatic carbocycles. The zero-order valence-electron chi connectivity index (χ0n) is 18.9. The highest BCUT2D eigenvalue weighted by molar-refractivity contribution is 6.46. The Morgan fingerprint density at radius 3 is 2.44 bits per heavy atom. The number of halogens is 1.